The number of alkyl halides is 1. The first-order chi connectivity index (χ1) is 64.1. The molecule has 0 radical (unpaired) electrons. The van der Waals surface area contributed by atoms with Crippen LogP contribution in [0.3, 0.4) is 0 Å². The summed E-state index contributed by atoms with van der Waals surface area (Å²) in [6.45, 7) is 2.03. The molecule has 1 aromatic rings. The molecule has 0 bridgehead atoms. The average Bonchev–Trinajstić information content (AvgIpc) is 1.70. The second kappa shape index (κ2) is 116. The fourth-order valence-electron chi connectivity index (χ4n) is 6.03. The number of halogens is 1. The molecule has 3 saturated heterocycles. The molecule has 3 heterocycles. The fraction of sp³-hybridized carbons (Fsp3) is 0.833. The number of amides is 1. The van der Waals surface area contributed by atoms with Crippen LogP contribution in [0.1, 0.15) is 38.2 Å². The van der Waals surface area contributed by atoms with Gasteiger partial charge in [0.2, 0.25) is 0 Å². The first-order valence-corrected chi connectivity index (χ1v) is 57.5. The van der Waals surface area contributed by atoms with E-state index in [0.717, 1.165) is 29.1 Å². The van der Waals surface area contributed by atoms with Crippen LogP contribution in [0, 0.1) is 0 Å². The normalized spacial score (nSPS) is 14.6. The summed E-state index contributed by atoms with van der Waals surface area (Å²) in [6, 6.07) is 7.30. The molecule has 19 N–H and O–H groups in total. The van der Waals surface area contributed by atoms with E-state index in [1.54, 1.807) is 11.0 Å². The van der Waals surface area contributed by atoms with Gasteiger partial charge in [-0.3, -0.25) is 52.4 Å². The van der Waals surface area contributed by atoms with Crippen molar-refractivity contribution in [3.8, 4) is 0 Å². The van der Waals surface area contributed by atoms with Gasteiger partial charge < -0.3 is 129 Å². The third-order valence-electron chi connectivity index (χ3n) is 12.1. The molecule has 149 heavy (non-hydrogen) atoms. The van der Waals surface area contributed by atoms with Gasteiger partial charge in [-0.2, -0.15) is 85.1 Å². The van der Waals surface area contributed by atoms with Gasteiger partial charge >= 0.3 is 305 Å². The molecule has 3 aliphatic heterocycles. The number of hydrogen-bond donors (Lipinski definition) is 20. The average molecular weight is 2610 g/mol. The largest absolute Gasteiger partial charge is 1.00 e. The topological polar surface area (TPSA) is 1150 Å². The van der Waals surface area contributed by atoms with E-state index in [9.17, 15) is 150 Å². The maximum Gasteiger partial charge on any atom is 1.00 e. The molecule has 95 heteroatoms. The van der Waals surface area contributed by atoms with Crippen molar-refractivity contribution in [2.24, 2.45) is 5.73 Å². The Labute approximate surface area is 1090 Å². The number of hydrogen-bond acceptors (Lipinski definition) is 68. The predicted molar refractivity (Wildman–Crippen MR) is 464 cm³/mol. The molecule has 1 amide bonds. The number of epoxide rings is 2. The summed E-state index contributed by atoms with van der Waals surface area (Å²) >= 11 is 13.4. The maximum absolute atomic E-state index is 10.6. The van der Waals surface area contributed by atoms with Crippen molar-refractivity contribution in [3.05, 3.63) is 29.8 Å². The van der Waals surface area contributed by atoms with E-state index in [4.69, 9.17) is 110 Å². The number of esters is 2. The molecule has 0 saturated carbocycles. The number of rotatable bonds is 57. The standard InChI is InChI=1S/C10H12O6S.C7H17NO6S.C6H15NO5S.C5H11NO6S.C5H10O6S.C4H4O6S.C3H7ClO4S.C3H8O4S.C3H8O3S2.C2H7NO4S.C2H6O8S2.C2H6O4S.C2H6O3S2.9Na/c11-15-16-17-10-4-2-1-3-8(10)5-13-14-7-9-6-12-9;9-4-7(5-10,6-11)8-2-1-3-15(12,13)14;8-4-1-7(2-5-9)3-6-13(10,11)12;1-4(3-11-2)12-5(7)6-13(8,9)10;6-12(7,8)2-1-10-11-4-5-3-9-5;5-3-1-2(4(6)10-3)11(7,8)9;4-1-3(5)2-9(6,7)8;4-2-1-3-8(5,6)7;4-8(5,6)3-1-2-7;3-1-2-7-8(4,5)6;3-1(11-9-7-5)2(4)12-10-8-6;3-1-2-7(4,5)6;3-7(4,5)2-1-6;;;;;;;;;/h1-4,9,11H,5-7H2;8-11H,1-6H2,(H,12,13,14);8-9H,1-6H2,(H,10,11,12);4H,3H2,1-2H3,(H,6,7)(H,8,9,10);5H,1-4H2,(H,6,7,8);2H,1H2,(H,7,8,9);3,5H,1-2H2,(H,6,7,8);4H,1-3H2,(H,5,6,7);7H,1-3H2,(H,4,5,6);1-3H2,(H,4,5,6);1-6H;3H,1-2H2,(H,4,5,6);6H,1-2H2,(H,3,4,5);;;;;;;;;/q;;;;;;;;;;;;;9*+1/p-9. The fourth-order valence-corrected chi connectivity index (χ4v) is 13.0. The van der Waals surface area contributed by atoms with Crippen LogP contribution in [0.4, 0.5) is 4.79 Å². The van der Waals surface area contributed by atoms with Crippen LogP contribution in [0.2, 0.25) is 0 Å². The molecule has 3 aliphatic rings. The number of cyclic esters (lactones) is 2. The van der Waals surface area contributed by atoms with Gasteiger partial charge in [0.15, 0.2) is 16.1 Å². The minimum absolute atomic E-state index is 0. The minimum Gasteiger partial charge on any atom is -0.748 e. The summed E-state index contributed by atoms with van der Waals surface area (Å²) in [5.41, 5.74) is 1.42. The molecular weight excluding hydrogens is 2500 g/mol. The van der Waals surface area contributed by atoms with Gasteiger partial charge in [-0.05, 0) is 50.1 Å². The van der Waals surface area contributed by atoms with Gasteiger partial charge in [0.1, 0.15) is 43.9 Å². The summed E-state index contributed by atoms with van der Waals surface area (Å²) < 4.78 is 358. The quantitative estimate of drug-likeness (QED) is 0.00234. The Balaban J connectivity index is -0.0000000782. The Morgan fingerprint density at radius 2 is 0.966 bits per heavy atom. The minimum atomic E-state index is -4.55. The van der Waals surface area contributed by atoms with Crippen molar-refractivity contribution in [1.82, 2.24) is 14.9 Å². The Kier molecular flexibility index (Phi) is 152. The van der Waals surface area contributed by atoms with Gasteiger partial charge in [0.25, 0.3) is 30.4 Å². The van der Waals surface area contributed by atoms with Crippen LogP contribution in [-0.2, 0) is 203 Å². The predicted octanol–water partition coefficient (Wildman–Crippen LogP) is -41.3. The number of thiol groups is 2. The van der Waals surface area contributed by atoms with Gasteiger partial charge in [-0.15, -0.1) is 11.6 Å². The van der Waals surface area contributed by atoms with Crippen molar-refractivity contribution in [3.63, 3.8) is 0 Å². The second-order valence-electron chi connectivity index (χ2n) is 24.3. The van der Waals surface area contributed by atoms with E-state index in [-0.39, 0.29) is 423 Å². The van der Waals surface area contributed by atoms with Crippen LogP contribution in [-0.4, -0.2) is 458 Å². The van der Waals surface area contributed by atoms with Gasteiger partial charge in [-0.25, -0.2) is 79.0 Å². The Hall–Kier alpha value is 6.48. The molecule has 1 aromatic carbocycles. The number of nitrogens with two attached hydrogens (primary N) is 1. The number of aliphatic hydroxyl groups is 10. The molecule has 3 fully saturated rings. The van der Waals surface area contributed by atoms with Crippen molar-refractivity contribution >= 4 is 203 Å². The Morgan fingerprint density at radius 3 is 1.23 bits per heavy atom. The summed E-state index contributed by atoms with van der Waals surface area (Å²) in [6.07, 6.45) is -2.99. The Bertz CT molecular complexity index is 4560. The first kappa shape index (κ1) is 196. The van der Waals surface area contributed by atoms with Gasteiger partial charge in [0, 0.05) is 79.4 Å². The number of benzene rings is 1. The third-order valence-corrected chi connectivity index (χ3v) is 23.3. The van der Waals surface area contributed by atoms with E-state index >= 15 is 0 Å². The summed E-state index contributed by atoms with van der Waals surface area (Å²) in [5, 5.41) is 124. The number of carbonyl (C=O) groups is 3. The first-order valence-electron chi connectivity index (χ1n) is 36.3. The number of carbonyl (C=O) groups excluding carboxylic acids is 3. The monoisotopic (exact) mass is 2610 g/mol. The maximum atomic E-state index is 10.6. The van der Waals surface area contributed by atoms with E-state index in [2.05, 4.69) is 86.9 Å². The zero-order valence-electron chi connectivity index (χ0n) is 81.2. The van der Waals surface area contributed by atoms with Crippen LogP contribution < -0.4 is 298 Å². The molecule has 69 nitrogen and oxygen atoms in total. The van der Waals surface area contributed by atoms with Crippen LogP contribution in [0.5, 0.6) is 0 Å². The number of aliphatic hydroxyl groups excluding tert-OH is 10. The summed E-state index contributed by atoms with van der Waals surface area (Å²) in [4.78, 5) is 52.6. The smallest absolute Gasteiger partial charge is 0.748 e. The van der Waals surface area contributed by atoms with Crippen LogP contribution in [0.25, 0.3) is 0 Å². The zero-order chi connectivity index (χ0) is 111. The van der Waals surface area contributed by atoms with Crippen LogP contribution in [0.15, 0.2) is 29.2 Å². The molecule has 0 aromatic heterocycles. The SMILES string of the molecule is COCC(C)OC(=O)NS(=O)(=O)O.NCCOS(=O)(=O)O.O=C1CC(S(=O)(=O)O)C(=O)O1.O=S(=O)(O)CCN(CCO)CCO.O=S(=O)(O)CCOOCC1CO1.O=S(=O)([O-])CC(O)CCl.O=S(=O)([O-])CCCNC(CO)(CO)CO.O=S(=O)([O-])CCCO.O=S(=O)([O-])CCCS.O=S(=O)([O-])CCO.O=S(=O)([O-])CCS.[Na+].[Na+].[Na+].[Na+].[Na+].[Na+].[Na+].[Na+].[Na+].[O-]OOSC(O)C(O)SOO[O-].[O-]OOSc1ccccc1COOCC1CO1. The molecule has 0 spiro atoms. The molecule has 7 atom stereocenters. The van der Waals surface area contributed by atoms with Gasteiger partial charge in [0.05, 0.1) is 205 Å². The number of methoxy groups -OCH3 is 1. The number of nitrogens with zero attached hydrogens (tertiary/aromatic N) is 1. The van der Waals surface area contributed by atoms with Gasteiger partial charge in [-0.1, -0.05) is 18.2 Å². The molecule has 4 rings (SSSR count). The van der Waals surface area contributed by atoms with Crippen molar-refractivity contribution < 1.29 is 565 Å². The van der Waals surface area contributed by atoms with Crippen molar-refractivity contribution in [1.29, 1.82) is 0 Å². The number of nitrogens with one attached hydrogen (secondary N) is 2. The Morgan fingerprint density at radius 1 is 0.550 bits per heavy atom. The third kappa shape index (κ3) is 170. The zero-order valence-corrected chi connectivity index (χ0v) is 113. The van der Waals surface area contributed by atoms with E-state index in [1.165, 1.54) is 18.8 Å². The van der Waals surface area contributed by atoms with E-state index < -0.39 is 225 Å². The van der Waals surface area contributed by atoms with Crippen LogP contribution >= 0.6 is 73.0 Å². The molecule has 7 unspecified atom stereocenters. The molecular formula is C54H108ClN4Na9O65S16. The summed E-state index contributed by atoms with van der Waals surface area (Å²) in [5.74, 6) is -5.83. The molecule has 846 valence electrons. The molecule has 0 aliphatic carbocycles. The summed E-state index contributed by atoms with van der Waals surface area (Å²) in [7, 11) is -44.6. The van der Waals surface area contributed by atoms with Crippen molar-refractivity contribution in [2.45, 2.75) is 90.2 Å². The second-order valence-corrected chi connectivity index (χ2v) is 43.9. The van der Waals surface area contributed by atoms with E-state index in [0.29, 0.717) is 32.0 Å². The number of ether oxygens (including phenoxy) is 5. The van der Waals surface area contributed by atoms with E-state index in [1.807, 2.05) is 18.2 Å². The van der Waals surface area contributed by atoms with Crippen molar-refractivity contribution in [2.75, 3.05) is 196 Å².